The minimum absolute atomic E-state index is 0.216. The molecular formula is C16H17ClFN. The van der Waals surface area contributed by atoms with Crippen LogP contribution in [0.5, 0.6) is 0 Å². The van der Waals surface area contributed by atoms with Gasteiger partial charge in [-0.1, -0.05) is 29.8 Å². The van der Waals surface area contributed by atoms with E-state index in [9.17, 15) is 4.39 Å². The van der Waals surface area contributed by atoms with Crippen LogP contribution in [0.4, 0.5) is 10.1 Å². The van der Waals surface area contributed by atoms with Gasteiger partial charge in [-0.05, 0) is 55.7 Å². The first-order valence-electron chi connectivity index (χ1n) is 6.32. The molecule has 2 aromatic rings. The zero-order chi connectivity index (χ0) is 13.8. The van der Waals surface area contributed by atoms with E-state index in [4.69, 9.17) is 11.6 Å². The highest BCUT2D eigenvalue weighted by Gasteiger charge is 2.06. The van der Waals surface area contributed by atoms with Gasteiger partial charge in [0.1, 0.15) is 5.82 Å². The summed E-state index contributed by atoms with van der Waals surface area (Å²) in [4.78, 5) is 0. The van der Waals surface area contributed by atoms with Crippen LogP contribution in [0.15, 0.2) is 42.5 Å². The van der Waals surface area contributed by atoms with Crippen molar-refractivity contribution in [2.24, 2.45) is 0 Å². The van der Waals surface area contributed by atoms with E-state index < -0.39 is 0 Å². The summed E-state index contributed by atoms with van der Waals surface area (Å²) < 4.78 is 13.2. The quantitative estimate of drug-likeness (QED) is 0.844. The number of hydrogen-bond donors (Lipinski definition) is 1. The maximum atomic E-state index is 13.2. The number of anilines is 1. The van der Waals surface area contributed by atoms with Crippen LogP contribution in [0.25, 0.3) is 0 Å². The smallest absolute Gasteiger partial charge is 0.125 e. The van der Waals surface area contributed by atoms with Crippen molar-refractivity contribution in [2.45, 2.75) is 26.3 Å². The molecule has 1 unspecified atom stereocenters. The second-order valence-electron chi connectivity index (χ2n) is 4.84. The van der Waals surface area contributed by atoms with Crippen LogP contribution in [0.2, 0.25) is 5.02 Å². The van der Waals surface area contributed by atoms with E-state index >= 15 is 0 Å². The topological polar surface area (TPSA) is 12.0 Å². The van der Waals surface area contributed by atoms with E-state index in [1.54, 1.807) is 6.07 Å². The Morgan fingerprint density at radius 2 is 1.84 bits per heavy atom. The maximum Gasteiger partial charge on any atom is 0.125 e. The molecule has 3 heteroatoms. The number of nitrogens with one attached hydrogen (secondary N) is 1. The van der Waals surface area contributed by atoms with E-state index in [2.05, 4.69) is 12.2 Å². The number of aryl methyl sites for hydroxylation is 1. The number of halogens is 2. The van der Waals surface area contributed by atoms with Gasteiger partial charge in [0, 0.05) is 16.8 Å². The van der Waals surface area contributed by atoms with Crippen LogP contribution < -0.4 is 5.32 Å². The molecule has 0 aliphatic carbocycles. The van der Waals surface area contributed by atoms with Gasteiger partial charge in [-0.2, -0.15) is 0 Å². The summed E-state index contributed by atoms with van der Waals surface area (Å²) >= 11 is 5.86. The fourth-order valence-corrected chi connectivity index (χ4v) is 2.17. The highest BCUT2D eigenvalue weighted by Crippen LogP contribution is 2.18. The molecule has 0 amide bonds. The molecule has 1 N–H and O–H groups in total. The van der Waals surface area contributed by atoms with Crippen molar-refractivity contribution in [3.8, 4) is 0 Å². The third-order valence-corrected chi connectivity index (χ3v) is 3.31. The minimum atomic E-state index is -0.216. The number of benzene rings is 2. The molecule has 0 bridgehead atoms. The Morgan fingerprint density at radius 3 is 2.53 bits per heavy atom. The molecule has 1 nitrogen and oxygen atoms in total. The standard InChI is InChI=1S/C16H17ClFN/c1-11-3-8-15(18)10-16(11)19-12(2)9-13-4-6-14(17)7-5-13/h3-8,10,12,19H,9H2,1-2H3. The summed E-state index contributed by atoms with van der Waals surface area (Å²) in [6, 6.07) is 12.8. The summed E-state index contributed by atoms with van der Waals surface area (Å²) in [6.07, 6.45) is 0.868. The minimum Gasteiger partial charge on any atom is -0.382 e. The molecule has 0 radical (unpaired) electrons. The molecule has 100 valence electrons. The number of hydrogen-bond acceptors (Lipinski definition) is 1. The number of rotatable bonds is 4. The van der Waals surface area contributed by atoms with E-state index in [-0.39, 0.29) is 11.9 Å². The molecule has 2 aromatic carbocycles. The third kappa shape index (κ3) is 3.97. The summed E-state index contributed by atoms with van der Waals surface area (Å²) in [6.45, 7) is 4.05. The predicted octanol–water partition coefficient (Wildman–Crippen LogP) is 4.83. The molecule has 0 aliphatic heterocycles. The van der Waals surface area contributed by atoms with E-state index in [0.29, 0.717) is 0 Å². The van der Waals surface area contributed by atoms with Crippen LogP contribution in [0.3, 0.4) is 0 Å². The fourth-order valence-electron chi connectivity index (χ4n) is 2.04. The lowest BCUT2D eigenvalue weighted by Gasteiger charge is -2.17. The molecule has 0 saturated heterocycles. The van der Waals surface area contributed by atoms with Gasteiger partial charge >= 0.3 is 0 Å². The van der Waals surface area contributed by atoms with Crippen LogP contribution in [-0.4, -0.2) is 6.04 Å². The molecule has 0 spiro atoms. The first kappa shape index (κ1) is 13.9. The van der Waals surface area contributed by atoms with Crippen molar-refractivity contribution >= 4 is 17.3 Å². The third-order valence-electron chi connectivity index (χ3n) is 3.06. The SMILES string of the molecule is Cc1ccc(F)cc1NC(C)Cc1ccc(Cl)cc1. The lowest BCUT2D eigenvalue weighted by molar-refractivity contribution is 0.627. The largest absolute Gasteiger partial charge is 0.382 e. The van der Waals surface area contributed by atoms with Gasteiger partial charge in [-0.15, -0.1) is 0 Å². The molecular weight excluding hydrogens is 261 g/mol. The molecule has 19 heavy (non-hydrogen) atoms. The van der Waals surface area contributed by atoms with Crippen LogP contribution in [-0.2, 0) is 6.42 Å². The highest BCUT2D eigenvalue weighted by atomic mass is 35.5. The van der Waals surface area contributed by atoms with Crippen molar-refractivity contribution in [1.29, 1.82) is 0 Å². The first-order valence-corrected chi connectivity index (χ1v) is 6.69. The van der Waals surface area contributed by atoms with Gasteiger partial charge < -0.3 is 5.32 Å². The summed E-state index contributed by atoms with van der Waals surface area (Å²) in [5, 5.41) is 4.08. The molecule has 1 atom stereocenters. The molecule has 2 rings (SSSR count). The van der Waals surface area contributed by atoms with Crippen molar-refractivity contribution in [3.63, 3.8) is 0 Å². The monoisotopic (exact) mass is 277 g/mol. The maximum absolute atomic E-state index is 13.2. The Balaban J connectivity index is 2.02. The molecule has 0 heterocycles. The van der Waals surface area contributed by atoms with Crippen LogP contribution in [0, 0.1) is 12.7 Å². The summed E-state index contributed by atoms with van der Waals surface area (Å²) in [5.41, 5.74) is 3.10. The van der Waals surface area contributed by atoms with Gasteiger partial charge in [0.05, 0.1) is 0 Å². The Labute approximate surface area is 118 Å². The predicted molar refractivity (Wildman–Crippen MR) is 79.4 cm³/mol. The molecule has 0 fully saturated rings. The fraction of sp³-hybridized carbons (Fsp3) is 0.250. The van der Waals surface area contributed by atoms with Crippen molar-refractivity contribution in [2.75, 3.05) is 5.32 Å². The Bertz CT molecular complexity index is 551. The summed E-state index contributed by atoms with van der Waals surface area (Å²) in [5.74, 6) is -0.216. The summed E-state index contributed by atoms with van der Waals surface area (Å²) in [7, 11) is 0. The van der Waals surface area contributed by atoms with Gasteiger partial charge in [0.2, 0.25) is 0 Å². The average Bonchev–Trinajstić information content (AvgIpc) is 2.37. The van der Waals surface area contributed by atoms with Gasteiger partial charge in [0.15, 0.2) is 0 Å². The lowest BCUT2D eigenvalue weighted by atomic mass is 10.1. The van der Waals surface area contributed by atoms with E-state index in [1.807, 2.05) is 31.2 Å². The van der Waals surface area contributed by atoms with E-state index in [1.165, 1.54) is 17.7 Å². The lowest BCUT2D eigenvalue weighted by Crippen LogP contribution is -2.18. The van der Waals surface area contributed by atoms with Crippen molar-refractivity contribution < 1.29 is 4.39 Å². The Morgan fingerprint density at radius 1 is 1.16 bits per heavy atom. The normalized spacial score (nSPS) is 12.2. The zero-order valence-electron chi connectivity index (χ0n) is 11.1. The average molecular weight is 278 g/mol. The van der Waals surface area contributed by atoms with E-state index in [0.717, 1.165) is 22.7 Å². The van der Waals surface area contributed by atoms with Crippen LogP contribution in [0.1, 0.15) is 18.1 Å². The zero-order valence-corrected chi connectivity index (χ0v) is 11.8. The molecule has 0 aliphatic rings. The second-order valence-corrected chi connectivity index (χ2v) is 5.27. The molecule has 0 saturated carbocycles. The van der Waals surface area contributed by atoms with Gasteiger partial charge in [-0.25, -0.2) is 4.39 Å². The van der Waals surface area contributed by atoms with Gasteiger partial charge in [-0.3, -0.25) is 0 Å². The van der Waals surface area contributed by atoms with Gasteiger partial charge in [0.25, 0.3) is 0 Å². The highest BCUT2D eigenvalue weighted by molar-refractivity contribution is 6.30. The first-order chi connectivity index (χ1) is 9.04. The van der Waals surface area contributed by atoms with Crippen molar-refractivity contribution in [1.82, 2.24) is 0 Å². The van der Waals surface area contributed by atoms with Crippen molar-refractivity contribution in [3.05, 3.63) is 64.4 Å². The van der Waals surface area contributed by atoms with Crippen LogP contribution >= 0.6 is 11.6 Å². The Hall–Kier alpha value is -1.54. The second kappa shape index (κ2) is 6.07. The molecule has 0 aromatic heterocycles. The Kier molecular flexibility index (Phi) is 4.43.